The van der Waals surface area contributed by atoms with Crippen LogP contribution in [0.2, 0.25) is 0 Å². The zero-order valence-corrected chi connectivity index (χ0v) is 24.6. The van der Waals surface area contributed by atoms with Crippen LogP contribution in [-0.4, -0.2) is 4.57 Å². The molecule has 1 nitrogen and oxygen atoms in total. The average Bonchev–Trinajstić information content (AvgIpc) is 3.45. The molecule has 1 aliphatic carbocycles. The zero-order chi connectivity index (χ0) is 27.7. The van der Waals surface area contributed by atoms with Gasteiger partial charge in [0, 0.05) is 26.3 Å². The number of hydrogen-bond donors (Lipinski definition) is 0. The summed E-state index contributed by atoms with van der Waals surface area (Å²) in [7, 11) is 0. The van der Waals surface area contributed by atoms with E-state index in [1.807, 2.05) is 0 Å². The Balaban J connectivity index is 1.25. The molecule has 196 valence electrons. The summed E-state index contributed by atoms with van der Waals surface area (Å²) in [5.74, 6) is 0. The molecular formula is C39H28BrN. The van der Waals surface area contributed by atoms with Gasteiger partial charge in [0.25, 0.3) is 0 Å². The van der Waals surface area contributed by atoms with E-state index in [4.69, 9.17) is 0 Å². The highest BCUT2D eigenvalue weighted by Gasteiger charge is 2.35. The van der Waals surface area contributed by atoms with Crippen molar-refractivity contribution in [2.45, 2.75) is 19.3 Å². The van der Waals surface area contributed by atoms with Crippen LogP contribution in [0.15, 0.2) is 138 Å². The van der Waals surface area contributed by atoms with Crippen LogP contribution in [0.5, 0.6) is 0 Å². The number of rotatable bonds is 3. The van der Waals surface area contributed by atoms with Gasteiger partial charge >= 0.3 is 0 Å². The molecular weight excluding hydrogens is 562 g/mol. The quantitative estimate of drug-likeness (QED) is 0.193. The van der Waals surface area contributed by atoms with Crippen molar-refractivity contribution >= 4 is 37.7 Å². The lowest BCUT2D eigenvalue weighted by Gasteiger charge is -2.22. The molecule has 2 heteroatoms. The summed E-state index contributed by atoms with van der Waals surface area (Å²) in [6, 6.07) is 48.9. The maximum atomic E-state index is 3.69. The molecule has 8 rings (SSSR count). The SMILES string of the molecule is CC1(C)c2cc(Br)ccc2-c2ccc(-c3ccc4c(c3)c3ccccc3n4-c3ccc(-c4ccccc4)cc3)cc21. The molecule has 1 heterocycles. The Kier molecular flexibility index (Phi) is 5.39. The van der Waals surface area contributed by atoms with Crippen LogP contribution < -0.4 is 0 Å². The van der Waals surface area contributed by atoms with E-state index in [0.29, 0.717) is 0 Å². The lowest BCUT2D eigenvalue weighted by Crippen LogP contribution is -2.15. The number of hydrogen-bond acceptors (Lipinski definition) is 0. The molecule has 0 radical (unpaired) electrons. The minimum absolute atomic E-state index is 0.0451. The van der Waals surface area contributed by atoms with Gasteiger partial charge in [-0.2, -0.15) is 0 Å². The molecule has 1 aromatic heterocycles. The van der Waals surface area contributed by atoms with Gasteiger partial charge in [-0.3, -0.25) is 0 Å². The first-order valence-corrected chi connectivity index (χ1v) is 14.9. The van der Waals surface area contributed by atoms with Crippen molar-refractivity contribution in [3.05, 3.63) is 149 Å². The van der Waals surface area contributed by atoms with E-state index in [2.05, 4.69) is 168 Å². The smallest absolute Gasteiger partial charge is 0.0541 e. The predicted octanol–water partition coefficient (Wildman–Crippen LogP) is 11.2. The van der Waals surface area contributed by atoms with Gasteiger partial charge in [-0.1, -0.05) is 115 Å². The number of benzene rings is 6. The van der Waals surface area contributed by atoms with E-state index in [9.17, 15) is 0 Å². The van der Waals surface area contributed by atoms with E-state index in [1.165, 1.54) is 72.0 Å². The molecule has 0 amide bonds. The summed E-state index contributed by atoms with van der Waals surface area (Å²) in [5.41, 5.74) is 14.0. The minimum atomic E-state index is -0.0451. The number of aromatic nitrogens is 1. The van der Waals surface area contributed by atoms with Gasteiger partial charge in [-0.15, -0.1) is 0 Å². The first kappa shape index (κ1) is 24.4. The zero-order valence-electron chi connectivity index (χ0n) is 23.0. The Bertz CT molecular complexity index is 2110. The fraction of sp³-hybridized carbons (Fsp3) is 0.0769. The average molecular weight is 591 g/mol. The summed E-state index contributed by atoms with van der Waals surface area (Å²) in [6.45, 7) is 4.68. The Morgan fingerprint density at radius 3 is 1.88 bits per heavy atom. The van der Waals surface area contributed by atoms with Gasteiger partial charge in [-0.05, 0) is 93.0 Å². The molecule has 0 atom stereocenters. The van der Waals surface area contributed by atoms with E-state index in [-0.39, 0.29) is 5.41 Å². The van der Waals surface area contributed by atoms with Crippen molar-refractivity contribution in [2.75, 3.05) is 0 Å². The molecule has 0 saturated carbocycles. The Labute approximate surface area is 248 Å². The fourth-order valence-electron chi connectivity index (χ4n) is 6.75. The molecule has 1 aliphatic rings. The first-order valence-electron chi connectivity index (χ1n) is 14.1. The van der Waals surface area contributed by atoms with Crippen LogP contribution in [0.25, 0.3) is 60.9 Å². The van der Waals surface area contributed by atoms with Gasteiger partial charge in [0.1, 0.15) is 0 Å². The van der Waals surface area contributed by atoms with Crippen molar-refractivity contribution in [1.29, 1.82) is 0 Å². The topological polar surface area (TPSA) is 4.93 Å². The summed E-state index contributed by atoms with van der Waals surface area (Å²) in [6.07, 6.45) is 0. The third-order valence-electron chi connectivity index (χ3n) is 8.88. The summed E-state index contributed by atoms with van der Waals surface area (Å²) < 4.78 is 3.53. The molecule has 7 aromatic rings. The molecule has 0 bridgehead atoms. The summed E-state index contributed by atoms with van der Waals surface area (Å²) in [4.78, 5) is 0. The van der Waals surface area contributed by atoms with Crippen molar-refractivity contribution in [3.8, 4) is 39.1 Å². The standard InChI is InChI=1S/C39H28BrN/c1-39(2)35-23-28(14-19-31(35)32-20-16-29(40)24-36(32)39)27-15-21-38-34(22-27)33-10-6-7-11-37(33)41(38)30-17-12-26(13-18-30)25-8-4-3-5-9-25/h3-24H,1-2H3. The number of halogens is 1. The Morgan fingerprint density at radius 2 is 1.07 bits per heavy atom. The van der Waals surface area contributed by atoms with Crippen LogP contribution in [-0.2, 0) is 5.41 Å². The van der Waals surface area contributed by atoms with Gasteiger partial charge in [0.05, 0.1) is 11.0 Å². The Hall–Kier alpha value is -4.40. The lowest BCUT2D eigenvalue weighted by molar-refractivity contribution is 0.660. The monoisotopic (exact) mass is 589 g/mol. The highest BCUT2D eigenvalue weighted by molar-refractivity contribution is 9.10. The second-order valence-electron chi connectivity index (χ2n) is 11.6. The van der Waals surface area contributed by atoms with E-state index >= 15 is 0 Å². The normalized spacial score (nSPS) is 13.4. The van der Waals surface area contributed by atoms with E-state index < -0.39 is 0 Å². The number of para-hydroxylation sites is 1. The molecule has 0 fully saturated rings. The van der Waals surface area contributed by atoms with Crippen molar-refractivity contribution in [3.63, 3.8) is 0 Å². The lowest BCUT2D eigenvalue weighted by atomic mass is 9.81. The molecule has 0 aliphatic heterocycles. The third-order valence-corrected chi connectivity index (χ3v) is 9.37. The maximum Gasteiger partial charge on any atom is 0.0541 e. The van der Waals surface area contributed by atoms with Crippen LogP contribution in [0.3, 0.4) is 0 Å². The van der Waals surface area contributed by atoms with Crippen molar-refractivity contribution in [1.82, 2.24) is 4.57 Å². The first-order chi connectivity index (χ1) is 20.0. The molecule has 0 spiro atoms. The van der Waals surface area contributed by atoms with Crippen LogP contribution >= 0.6 is 15.9 Å². The number of nitrogens with zero attached hydrogens (tertiary/aromatic N) is 1. The van der Waals surface area contributed by atoms with Crippen molar-refractivity contribution < 1.29 is 0 Å². The van der Waals surface area contributed by atoms with Gasteiger partial charge in [0.2, 0.25) is 0 Å². The minimum Gasteiger partial charge on any atom is -0.309 e. The van der Waals surface area contributed by atoms with Gasteiger partial charge < -0.3 is 4.57 Å². The Morgan fingerprint density at radius 1 is 0.488 bits per heavy atom. The van der Waals surface area contributed by atoms with Crippen LogP contribution in [0, 0.1) is 0 Å². The second-order valence-corrected chi connectivity index (χ2v) is 12.5. The maximum absolute atomic E-state index is 3.69. The van der Waals surface area contributed by atoms with Crippen LogP contribution in [0.1, 0.15) is 25.0 Å². The van der Waals surface area contributed by atoms with Gasteiger partial charge in [-0.25, -0.2) is 0 Å². The largest absolute Gasteiger partial charge is 0.309 e. The number of fused-ring (bicyclic) bond motifs is 6. The molecule has 0 N–H and O–H groups in total. The molecule has 0 saturated heterocycles. The molecule has 6 aromatic carbocycles. The third kappa shape index (κ3) is 3.74. The summed E-state index contributed by atoms with van der Waals surface area (Å²) >= 11 is 3.69. The summed E-state index contributed by atoms with van der Waals surface area (Å²) in [5, 5.41) is 2.55. The van der Waals surface area contributed by atoms with Crippen LogP contribution in [0.4, 0.5) is 0 Å². The van der Waals surface area contributed by atoms with Crippen molar-refractivity contribution in [2.24, 2.45) is 0 Å². The predicted molar refractivity (Wildman–Crippen MR) is 177 cm³/mol. The highest BCUT2D eigenvalue weighted by Crippen LogP contribution is 2.50. The van der Waals surface area contributed by atoms with E-state index in [1.54, 1.807) is 0 Å². The van der Waals surface area contributed by atoms with Gasteiger partial charge in [0.15, 0.2) is 0 Å². The molecule has 0 unspecified atom stereocenters. The fourth-order valence-corrected chi connectivity index (χ4v) is 7.11. The molecule has 41 heavy (non-hydrogen) atoms. The highest BCUT2D eigenvalue weighted by atomic mass is 79.9. The van der Waals surface area contributed by atoms with E-state index in [0.717, 1.165) is 4.47 Å². The second kappa shape index (κ2) is 9.06.